The molecule has 0 saturated carbocycles. The Hall–Kier alpha value is -0.430. The minimum Gasteiger partial charge on any atom is -0.315 e. The number of aromatic amines is 1. The first kappa shape index (κ1) is 11.1. The highest BCUT2D eigenvalue weighted by Gasteiger charge is 1.98. The van der Waals surface area contributed by atoms with Crippen molar-refractivity contribution in [2.75, 3.05) is 0 Å². The van der Waals surface area contributed by atoms with Crippen LogP contribution in [-0.2, 0) is 13.1 Å². The van der Waals surface area contributed by atoms with Gasteiger partial charge < -0.3 is 10.3 Å². The van der Waals surface area contributed by atoms with Crippen LogP contribution in [0, 0.1) is 0 Å². The zero-order valence-electron chi connectivity index (χ0n) is 7.75. The molecule has 0 fully saturated rings. The zero-order chi connectivity index (χ0) is 10.7. The van der Waals surface area contributed by atoms with Crippen molar-refractivity contribution in [2.24, 2.45) is 0 Å². The summed E-state index contributed by atoms with van der Waals surface area (Å²) >= 11 is 6.33. The minimum absolute atomic E-state index is 0.00525. The van der Waals surface area contributed by atoms with Crippen molar-refractivity contribution < 1.29 is 0 Å². The van der Waals surface area contributed by atoms with E-state index in [1.54, 1.807) is 11.3 Å². The molecule has 3 nitrogen and oxygen atoms in total. The first-order chi connectivity index (χ1) is 7.24. The highest BCUT2D eigenvalue weighted by molar-refractivity contribution is 9.11. The molecule has 0 bridgehead atoms. The molecule has 0 aromatic carbocycles. The van der Waals surface area contributed by atoms with Crippen LogP contribution in [0.15, 0.2) is 26.1 Å². The van der Waals surface area contributed by atoms with E-state index < -0.39 is 0 Å². The van der Waals surface area contributed by atoms with Gasteiger partial charge in [-0.3, -0.25) is 4.79 Å². The Labute approximate surface area is 103 Å². The number of thiazole rings is 1. The molecule has 80 valence electrons. The molecule has 0 amide bonds. The van der Waals surface area contributed by atoms with Crippen molar-refractivity contribution in [1.82, 2.24) is 10.3 Å². The van der Waals surface area contributed by atoms with E-state index in [1.807, 2.05) is 11.4 Å². The number of halogens is 1. The van der Waals surface area contributed by atoms with Crippen LogP contribution in [0.2, 0.25) is 0 Å². The second-order valence-electron chi connectivity index (χ2n) is 2.98. The van der Waals surface area contributed by atoms with Crippen LogP contribution in [-0.4, -0.2) is 4.98 Å². The van der Waals surface area contributed by atoms with Gasteiger partial charge in [0.2, 0.25) is 0 Å². The van der Waals surface area contributed by atoms with Crippen LogP contribution in [0.3, 0.4) is 0 Å². The largest absolute Gasteiger partial charge is 0.315 e. The third-order valence-corrected chi connectivity index (χ3v) is 4.16. The number of nitrogens with one attached hydrogen (secondary N) is 2. The quantitative estimate of drug-likeness (QED) is 0.912. The molecule has 0 radical (unpaired) electrons. The van der Waals surface area contributed by atoms with E-state index in [2.05, 4.69) is 32.3 Å². The molecule has 2 rings (SSSR count). The standard InChI is InChI=1S/C9H9BrN2OS2/c10-8-2-1-7(15-8)4-11-3-6-5-14-9(13)12-6/h1-2,5,11H,3-4H2,(H,12,13). The maximum Gasteiger partial charge on any atom is 0.304 e. The molecule has 2 heterocycles. The van der Waals surface area contributed by atoms with Gasteiger partial charge in [0.1, 0.15) is 0 Å². The Morgan fingerprint density at radius 1 is 1.40 bits per heavy atom. The van der Waals surface area contributed by atoms with E-state index in [4.69, 9.17) is 0 Å². The molecule has 2 aromatic heterocycles. The third-order valence-electron chi connectivity index (χ3n) is 1.81. The average molecular weight is 305 g/mol. The Kier molecular flexibility index (Phi) is 3.74. The van der Waals surface area contributed by atoms with E-state index >= 15 is 0 Å². The van der Waals surface area contributed by atoms with Gasteiger partial charge in [-0.05, 0) is 28.1 Å². The van der Waals surface area contributed by atoms with Gasteiger partial charge in [-0.2, -0.15) is 0 Å². The van der Waals surface area contributed by atoms with Gasteiger partial charge in [-0.25, -0.2) is 0 Å². The monoisotopic (exact) mass is 304 g/mol. The maximum absolute atomic E-state index is 10.9. The maximum atomic E-state index is 10.9. The summed E-state index contributed by atoms with van der Waals surface area (Å²) in [5, 5.41) is 5.12. The van der Waals surface area contributed by atoms with Crippen molar-refractivity contribution in [3.8, 4) is 0 Å². The summed E-state index contributed by atoms with van der Waals surface area (Å²) < 4.78 is 1.14. The molecule has 0 spiro atoms. The first-order valence-corrected chi connectivity index (χ1v) is 6.84. The van der Waals surface area contributed by atoms with Crippen LogP contribution >= 0.6 is 38.6 Å². The normalized spacial score (nSPS) is 10.7. The van der Waals surface area contributed by atoms with Gasteiger partial charge in [0, 0.05) is 29.0 Å². The summed E-state index contributed by atoms with van der Waals surface area (Å²) in [7, 11) is 0. The molecule has 2 aromatic rings. The highest BCUT2D eigenvalue weighted by Crippen LogP contribution is 2.21. The van der Waals surface area contributed by atoms with Gasteiger partial charge in [0.25, 0.3) is 0 Å². The van der Waals surface area contributed by atoms with Crippen molar-refractivity contribution >= 4 is 38.6 Å². The number of hydrogen-bond acceptors (Lipinski definition) is 4. The molecule has 0 unspecified atom stereocenters. The van der Waals surface area contributed by atoms with Gasteiger partial charge in [-0.1, -0.05) is 11.3 Å². The van der Waals surface area contributed by atoms with Crippen molar-refractivity contribution in [1.29, 1.82) is 0 Å². The topological polar surface area (TPSA) is 44.9 Å². The summed E-state index contributed by atoms with van der Waals surface area (Å²) in [6.45, 7) is 1.53. The Morgan fingerprint density at radius 3 is 2.87 bits per heavy atom. The van der Waals surface area contributed by atoms with Crippen molar-refractivity contribution in [3.63, 3.8) is 0 Å². The Balaban J connectivity index is 1.82. The van der Waals surface area contributed by atoms with Crippen LogP contribution in [0.1, 0.15) is 10.6 Å². The lowest BCUT2D eigenvalue weighted by Crippen LogP contribution is -2.12. The SMILES string of the molecule is O=c1[nH]c(CNCc2ccc(Br)s2)cs1. The highest BCUT2D eigenvalue weighted by atomic mass is 79.9. The van der Waals surface area contributed by atoms with Crippen LogP contribution in [0.25, 0.3) is 0 Å². The minimum atomic E-state index is 0.00525. The lowest BCUT2D eigenvalue weighted by molar-refractivity contribution is 0.688. The van der Waals surface area contributed by atoms with Gasteiger partial charge in [0.05, 0.1) is 3.79 Å². The van der Waals surface area contributed by atoms with Crippen LogP contribution in [0.4, 0.5) is 0 Å². The molecule has 0 aliphatic rings. The first-order valence-electron chi connectivity index (χ1n) is 4.35. The molecule has 0 aliphatic heterocycles. The molecule has 15 heavy (non-hydrogen) atoms. The van der Waals surface area contributed by atoms with Gasteiger partial charge >= 0.3 is 4.87 Å². The number of aromatic nitrogens is 1. The lowest BCUT2D eigenvalue weighted by atomic mass is 10.4. The molecule has 0 aliphatic carbocycles. The summed E-state index contributed by atoms with van der Waals surface area (Å²) in [6, 6.07) is 4.12. The smallest absolute Gasteiger partial charge is 0.304 e. The Morgan fingerprint density at radius 2 is 2.27 bits per heavy atom. The van der Waals surface area contributed by atoms with E-state index in [0.717, 1.165) is 16.0 Å². The summed E-state index contributed by atoms with van der Waals surface area (Å²) in [4.78, 5) is 14.9. The number of thiophene rings is 1. The molecular formula is C9H9BrN2OS2. The fourth-order valence-corrected chi connectivity index (χ4v) is 3.20. The fourth-order valence-electron chi connectivity index (χ4n) is 1.17. The molecule has 2 N–H and O–H groups in total. The zero-order valence-corrected chi connectivity index (χ0v) is 11.0. The van der Waals surface area contributed by atoms with E-state index in [1.165, 1.54) is 16.2 Å². The van der Waals surface area contributed by atoms with Crippen molar-refractivity contribution in [3.05, 3.63) is 41.5 Å². The number of hydrogen-bond donors (Lipinski definition) is 2. The van der Waals surface area contributed by atoms with Crippen LogP contribution in [0.5, 0.6) is 0 Å². The summed E-state index contributed by atoms with van der Waals surface area (Å²) in [5.41, 5.74) is 0.945. The predicted octanol–water partition coefficient (Wildman–Crippen LogP) is 2.55. The van der Waals surface area contributed by atoms with Crippen LogP contribution < -0.4 is 10.2 Å². The fraction of sp³-hybridized carbons (Fsp3) is 0.222. The lowest BCUT2D eigenvalue weighted by Gasteiger charge is -1.99. The number of H-pyrrole nitrogens is 1. The summed E-state index contributed by atoms with van der Waals surface area (Å²) in [5.74, 6) is 0. The van der Waals surface area contributed by atoms with Crippen molar-refractivity contribution in [2.45, 2.75) is 13.1 Å². The average Bonchev–Trinajstić information content (AvgIpc) is 2.76. The second-order valence-corrected chi connectivity index (χ2v) is 6.37. The van der Waals surface area contributed by atoms with E-state index in [0.29, 0.717) is 6.54 Å². The molecular weight excluding hydrogens is 296 g/mol. The predicted molar refractivity (Wildman–Crippen MR) is 67.5 cm³/mol. The van der Waals surface area contributed by atoms with Gasteiger partial charge in [0.15, 0.2) is 0 Å². The third kappa shape index (κ3) is 3.27. The van der Waals surface area contributed by atoms with Gasteiger partial charge in [-0.15, -0.1) is 11.3 Å². The van der Waals surface area contributed by atoms with E-state index in [9.17, 15) is 4.79 Å². The molecule has 6 heteroatoms. The summed E-state index contributed by atoms with van der Waals surface area (Å²) in [6.07, 6.45) is 0. The van der Waals surface area contributed by atoms with E-state index in [-0.39, 0.29) is 4.87 Å². The Bertz CT molecular complexity index is 488. The molecule has 0 atom stereocenters. The molecule has 0 saturated heterocycles. The second kappa shape index (κ2) is 5.07. The number of rotatable bonds is 4.